The van der Waals surface area contributed by atoms with E-state index in [9.17, 15) is 0 Å². The zero-order valence-electron chi connectivity index (χ0n) is 8.04. The van der Waals surface area contributed by atoms with Gasteiger partial charge in [0.1, 0.15) is 0 Å². The van der Waals surface area contributed by atoms with Gasteiger partial charge >= 0.3 is 0 Å². The molecular formula is C10H16N2. The van der Waals surface area contributed by atoms with Crippen LogP contribution < -0.4 is 0 Å². The molecule has 1 aromatic heterocycles. The van der Waals surface area contributed by atoms with Crippen molar-refractivity contribution in [3.8, 4) is 0 Å². The molecule has 1 aromatic rings. The van der Waals surface area contributed by atoms with Gasteiger partial charge in [-0.25, -0.2) is 0 Å². The van der Waals surface area contributed by atoms with Crippen LogP contribution in [0.25, 0.3) is 0 Å². The molecular weight excluding hydrogens is 148 g/mol. The molecule has 0 unspecified atom stereocenters. The van der Waals surface area contributed by atoms with E-state index in [1.807, 2.05) is 12.4 Å². The number of hydrogen-bond acceptors (Lipinski definition) is 2. The van der Waals surface area contributed by atoms with Crippen LogP contribution in [-0.4, -0.2) is 9.97 Å². The topological polar surface area (TPSA) is 25.8 Å². The minimum Gasteiger partial charge on any atom is -0.261 e. The lowest BCUT2D eigenvalue weighted by Gasteiger charge is -2.04. The summed E-state index contributed by atoms with van der Waals surface area (Å²) in [5, 5.41) is 0. The summed E-state index contributed by atoms with van der Waals surface area (Å²) in [6, 6.07) is 0. The van der Waals surface area contributed by atoms with Crippen LogP contribution in [0.3, 0.4) is 0 Å². The molecule has 66 valence electrons. The van der Waals surface area contributed by atoms with Crippen molar-refractivity contribution < 1.29 is 0 Å². The van der Waals surface area contributed by atoms with E-state index in [2.05, 4.69) is 30.7 Å². The minimum absolute atomic E-state index is 0.659. The fourth-order valence-electron chi connectivity index (χ4n) is 1.14. The second kappa shape index (κ2) is 4.19. The quantitative estimate of drug-likeness (QED) is 0.684. The van der Waals surface area contributed by atoms with E-state index in [0.29, 0.717) is 5.92 Å². The van der Waals surface area contributed by atoms with Crippen LogP contribution in [0.15, 0.2) is 12.4 Å². The number of rotatable bonds is 3. The molecule has 2 heteroatoms. The fraction of sp³-hybridized carbons (Fsp3) is 0.600. The molecule has 2 nitrogen and oxygen atoms in total. The lowest BCUT2D eigenvalue weighted by atomic mass is 10.1. The van der Waals surface area contributed by atoms with Gasteiger partial charge in [0, 0.05) is 12.4 Å². The largest absolute Gasteiger partial charge is 0.261 e. The average Bonchev–Trinajstić information content (AvgIpc) is 2.03. The van der Waals surface area contributed by atoms with Gasteiger partial charge in [-0.15, -0.1) is 0 Å². The Bertz CT molecular complexity index is 243. The highest BCUT2D eigenvalue weighted by Gasteiger charge is 1.99. The molecule has 0 N–H and O–H groups in total. The minimum atomic E-state index is 0.659. The van der Waals surface area contributed by atoms with Crippen molar-refractivity contribution in [1.82, 2.24) is 9.97 Å². The molecule has 0 saturated carbocycles. The highest BCUT2D eigenvalue weighted by molar-refractivity contribution is 5.03. The van der Waals surface area contributed by atoms with Crippen molar-refractivity contribution >= 4 is 0 Å². The first-order valence-corrected chi connectivity index (χ1v) is 4.52. The number of hydrogen-bond donors (Lipinski definition) is 0. The van der Waals surface area contributed by atoms with Gasteiger partial charge in [-0.3, -0.25) is 9.97 Å². The van der Waals surface area contributed by atoms with E-state index in [0.717, 1.165) is 24.2 Å². The Balaban J connectivity index is 2.72. The predicted octanol–water partition coefficient (Wildman–Crippen LogP) is 2.24. The van der Waals surface area contributed by atoms with Crippen LogP contribution in [0.2, 0.25) is 0 Å². The van der Waals surface area contributed by atoms with Crippen LogP contribution in [0.4, 0.5) is 0 Å². The molecule has 1 rings (SSSR count). The van der Waals surface area contributed by atoms with Crippen LogP contribution >= 0.6 is 0 Å². The maximum absolute atomic E-state index is 4.47. The van der Waals surface area contributed by atoms with Gasteiger partial charge in [-0.2, -0.15) is 0 Å². The first kappa shape index (κ1) is 9.17. The third-order valence-corrected chi connectivity index (χ3v) is 1.71. The third kappa shape index (κ3) is 2.61. The summed E-state index contributed by atoms with van der Waals surface area (Å²) in [6.07, 6.45) is 5.70. The van der Waals surface area contributed by atoms with E-state index in [1.165, 1.54) is 0 Å². The summed E-state index contributed by atoms with van der Waals surface area (Å²) in [6.45, 7) is 6.49. The van der Waals surface area contributed by atoms with E-state index >= 15 is 0 Å². The van der Waals surface area contributed by atoms with Crippen molar-refractivity contribution in [3.05, 3.63) is 23.8 Å². The summed E-state index contributed by atoms with van der Waals surface area (Å²) >= 11 is 0. The number of aromatic nitrogens is 2. The summed E-state index contributed by atoms with van der Waals surface area (Å²) in [7, 11) is 0. The zero-order valence-corrected chi connectivity index (χ0v) is 8.04. The second-order valence-corrected chi connectivity index (χ2v) is 3.45. The molecule has 0 atom stereocenters. The van der Waals surface area contributed by atoms with Crippen LogP contribution in [0.5, 0.6) is 0 Å². The predicted molar refractivity (Wildman–Crippen MR) is 50.0 cm³/mol. The lowest BCUT2D eigenvalue weighted by molar-refractivity contribution is 0.630. The van der Waals surface area contributed by atoms with Crippen LogP contribution in [0, 0.1) is 5.92 Å². The SMILES string of the molecule is CCc1cncc(CC(C)C)n1. The Labute approximate surface area is 74.1 Å². The van der Waals surface area contributed by atoms with Gasteiger partial charge in [-0.1, -0.05) is 20.8 Å². The van der Waals surface area contributed by atoms with Gasteiger partial charge < -0.3 is 0 Å². The molecule has 0 saturated heterocycles. The highest BCUT2D eigenvalue weighted by atomic mass is 14.8. The Morgan fingerprint density at radius 1 is 1.25 bits per heavy atom. The molecule has 0 aliphatic heterocycles. The summed E-state index contributed by atoms with van der Waals surface area (Å²) in [5.41, 5.74) is 2.21. The van der Waals surface area contributed by atoms with Gasteiger partial charge in [0.2, 0.25) is 0 Å². The van der Waals surface area contributed by atoms with Gasteiger partial charge in [-0.05, 0) is 18.8 Å². The molecule has 0 aliphatic carbocycles. The summed E-state index contributed by atoms with van der Waals surface area (Å²) in [5.74, 6) is 0.659. The standard InChI is InChI=1S/C10H16N2/c1-4-9-6-11-7-10(12-9)5-8(2)3/h6-8H,4-5H2,1-3H3. The molecule has 0 amide bonds. The Morgan fingerprint density at radius 3 is 2.50 bits per heavy atom. The van der Waals surface area contributed by atoms with E-state index in [4.69, 9.17) is 0 Å². The van der Waals surface area contributed by atoms with Crippen LogP contribution in [-0.2, 0) is 12.8 Å². The maximum Gasteiger partial charge on any atom is 0.0592 e. The lowest BCUT2D eigenvalue weighted by Crippen LogP contribution is -2.00. The molecule has 1 heterocycles. The van der Waals surface area contributed by atoms with Crippen molar-refractivity contribution in [2.24, 2.45) is 5.92 Å². The van der Waals surface area contributed by atoms with Gasteiger partial charge in [0.25, 0.3) is 0 Å². The smallest absolute Gasteiger partial charge is 0.0592 e. The van der Waals surface area contributed by atoms with Crippen molar-refractivity contribution in [3.63, 3.8) is 0 Å². The van der Waals surface area contributed by atoms with E-state index in [-0.39, 0.29) is 0 Å². The molecule has 12 heavy (non-hydrogen) atoms. The Hall–Kier alpha value is -0.920. The monoisotopic (exact) mass is 164 g/mol. The molecule has 0 aromatic carbocycles. The van der Waals surface area contributed by atoms with Crippen molar-refractivity contribution in [2.45, 2.75) is 33.6 Å². The summed E-state index contributed by atoms with van der Waals surface area (Å²) < 4.78 is 0. The fourth-order valence-corrected chi connectivity index (χ4v) is 1.14. The third-order valence-electron chi connectivity index (χ3n) is 1.71. The van der Waals surface area contributed by atoms with Crippen molar-refractivity contribution in [1.29, 1.82) is 0 Å². The zero-order chi connectivity index (χ0) is 8.97. The number of nitrogens with zero attached hydrogens (tertiary/aromatic N) is 2. The number of aryl methyl sites for hydroxylation is 1. The highest BCUT2D eigenvalue weighted by Crippen LogP contribution is 2.04. The van der Waals surface area contributed by atoms with Gasteiger partial charge in [0.15, 0.2) is 0 Å². The molecule has 0 aliphatic rings. The molecule has 0 fully saturated rings. The maximum atomic E-state index is 4.47. The van der Waals surface area contributed by atoms with E-state index < -0.39 is 0 Å². The molecule has 0 spiro atoms. The second-order valence-electron chi connectivity index (χ2n) is 3.45. The van der Waals surface area contributed by atoms with E-state index in [1.54, 1.807) is 0 Å². The first-order chi connectivity index (χ1) is 5.72. The Morgan fingerprint density at radius 2 is 1.92 bits per heavy atom. The first-order valence-electron chi connectivity index (χ1n) is 4.52. The summed E-state index contributed by atoms with van der Waals surface area (Å²) in [4.78, 5) is 8.61. The molecule has 0 radical (unpaired) electrons. The average molecular weight is 164 g/mol. The van der Waals surface area contributed by atoms with Gasteiger partial charge in [0.05, 0.1) is 11.4 Å². The molecule has 0 bridgehead atoms. The van der Waals surface area contributed by atoms with Crippen molar-refractivity contribution in [2.75, 3.05) is 0 Å². The normalized spacial score (nSPS) is 10.7. The van der Waals surface area contributed by atoms with Crippen LogP contribution in [0.1, 0.15) is 32.2 Å². The Kier molecular flexibility index (Phi) is 3.20.